The number of fused-ring (bicyclic) bond motifs is 2. The van der Waals surface area contributed by atoms with Gasteiger partial charge in [0.2, 0.25) is 0 Å². The molecule has 116 valence electrons. The zero-order valence-corrected chi connectivity index (χ0v) is 15.7. The first-order valence-corrected chi connectivity index (χ1v) is 10.6. The summed E-state index contributed by atoms with van der Waals surface area (Å²) in [6.07, 6.45) is 0. The fourth-order valence-electron chi connectivity index (χ4n) is 3.53. The van der Waals surface area contributed by atoms with Gasteiger partial charge in [-0.15, -0.1) is 0 Å². The summed E-state index contributed by atoms with van der Waals surface area (Å²) in [4.78, 5) is 2.46. The monoisotopic (exact) mass is 393 g/mol. The molecule has 0 atom stereocenters. The fourth-order valence-corrected chi connectivity index (χ4v) is 7.03. The number of hydrogen-bond acceptors (Lipinski definition) is 1. The van der Waals surface area contributed by atoms with Gasteiger partial charge >= 0.3 is 151 Å². The summed E-state index contributed by atoms with van der Waals surface area (Å²) in [5.41, 5.74) is 6.72. The molecule has 24 heavy (non-hydrogen) atoms. The quantitative estimate of drug-likeness (QED) is 0.336. The minimum absolute atomic E-state index is 0.454. The van der Waals surface area contributed by atoms with Gasteiger partial charge in [-0.1, -0.05) is 0 Å². The summed E-state index contributed by atoms with van der Waals surface area (Å²) in [6.45, 7) is 0. The predicted molar refractivity (Wildman–Crippen MR) is 106 cm³/mol. The maximum atomic E-state index is 2.46. The molecular formula is C21H15NSSe. The summed E-state index contributed by atoms with van der Waals surface area (Å²) in [6, 6.07) is 21.8. The molecule has 0 spiro atoms. The van der Waals surface area contributed by atoms with Crippen molar-refractivity contribution < 1.29 is 0 Å². The summed E-state index contributed by atoms with van der Waals surface area (Å²) < 4.78 is 5.33. The van der Waals surface area contributed by atoms with E-state index in [4.69, 9.17) is 0 Å². The summed E-state index contributed by atoms with van der Waals surface area (Å²) in [7, 11) is 2.18. The molecule has 0 radical (unpaired) electrons. The number of rotatable bonds is 2. The number of hydrogen-bond donors (Lipinski definition) is 0. The predicted octanol–water partition coefficient (Wildman–Crippen LogP) is 5.78. The summed E-state index contributed by atoms with van der Waals surface area (Å²) in [5, 5.41) is 3.58. The molecule has 0 aliphatic carbocycles. The Bertz CT molecular complexity index is 1160. The van der Waals surface area contributed by atoms with Crippen molar-refractivity contribution in [1.29, 1.82) is 0 Å². The van der Waals surface area contributed by atoms with Crippen LogP contribution in [0.15, 0.2) is 71.0 Å². The molecule has 3 heterocycles. The summed E-state index contributed by atoms with van der Waals surface area (Å²) >= 11 is 2.33. The maximum absolute atomic E-state index is 2.46. The Labute approximate surface area is 150 Å². The van der Waals surface area contributed by atoms with Gasteiger partial charge in [-0.05, 0) is 0 Å². The van der Waals surface area contributed by atoms with Crippen LogP contribution in [0.1, 0.15) is 0 Å². The molecule has 0 saturated carbocycles. The van der Waals surface area contributed by atoms with Gasteiger partial charge in [-0.25, -0.2) is 0 Å². The van der Waals surface area contributed by atoms with E-state index in [0.717, 1.165) is 0 Å². The van der Waals surface area contributed by atoms with Crippen LogP contribution in [0.5, 0.6) is 0 Å². The number of nitrogens with zero attached hydrogens (tertiary/aromatic N) is 1. The van der Waals surface area contributed by atoms with Crippen LogP contribution >= 0.6 is 11.3 Å². The second kappa shape index (κ2) is 5.49. The van der Waals surface area contributed by atoms with Crippen molar-refractivity contribution in [2.75, 3.05) is 0 Å². The third-order valence-electron chi connectivity index (χ3n) is 4.60. The molecule has 5 aromatic rings. The van der Waals surface area contributed by atoms with E-state index < -0.39 is 0 Å². The van der Waals surface area contributed by atoms with Crippen molar-refractivity contribution in [3.05, 3.63) is 71.0 Å². The Morgan fingerprint density at radius 2 is 1.71 bits per heavy atom. The van der Waals surface area contributed by atoms with Gasteiger partial charge in [0.25, 0.3) is 0 Å². The standard InChI is InChI=1S/C21H15NSSe/c1-22-17-10-6-5-9-15(17)19(20(22)14-7-3-2-4-8-14)16-13-24-18-11-12-23-21(16)18/h2-13H,1H3. The van der Waals surface area contributed by atoms with E-state index in [1.54, 1.807) is 0 Å². The van der Waals surface area contributed by atoms with E-state index in [1.807, 2.05) is 11.3 Å². The van der Waals surface area contributed by atoms with Crippen LogP contribution in [0.2, 0.25) is 0 Å². The van der Waals surface area contributed by atoms with Crippen LogP contribution in [0.4, 0.5) is 0 Å². The summed E-state index contributed by atoms with van der Waals surface area (Å²) in [5.74, 6) is 0. The number of thiophene rings is 1. The molecule has 5 rings (SSSR count). The molecule has 0 aliphatic heterocycles. The van der Waals surface area contributed by atoms with Gasteiger partial charge in [0, 0.05) is 0 Å². The van der Waals surface area contributed by atoms with E-state index >= 15 is 0 Å². The van der Waals surface area contributed by atoms with Crippen LogP contribution in [-0.2, 0) is 7.05 Å². The Hall–Kier alpha value is -2.06. The van der Waals surface area contributed by atoms with Gasteiger partial charge in [-0.3, -0.25) is 0 Å². The second-order valence-corrected chi connectivity index (χ2v) is 8.76. The van der Waals surface area contributed by atoms with Crippen molar-refractivity contribution in [1.82, 2.24) is 4.57 Å². The number of para-hydroxylation sites is 1. The normalized spacial score (nSPS) is 11.5. The first-order valence-electron chi connectivity index (χ1n) is 7.92. The van der Waals surface area contributed by atoms with E-state index in [-0.39, 0.29) is 0 Å². The molecule has 2 aromatic carbocycles. The third-order valence-corrected chi connectivity index (χ3v) is 7.83. The van der Waals surface area contributed by atoms with Crippen LogP contribution < -0.4 is 0 Å². The first-order chi connectivity index (χ1) is 11.8. The van der Waals surface area contributed by atoms with Crippen LogP contribution in [0.3, 0.4) is 0 Å². The Morgan fingerprint density at radius 3 is 2.58 bits per heavy atom. The fraction of sp³-hybridized carbons (Fsp3) is 0.0476. The average molecular weight is 392 g/mol. The second-order valence-electron chi connectivity index (χ2n) is 5.93. The van der Waals surface area contributed by atoms with Crippen molar-refractivity contribution in [3.63, 3.8) is 0 Å². The average Bonchev–Trinajstić information content (AvgIpc) is 3.30. The van der Waals surface area contributed by atoms with Crippen molar-refractivity contribution in [3.8, 4) is 22.4 Å². The Balaban J connectivity index is 1.95. The van der Waals surface area contributed by atoms with Crippen LogP contribution in [-0.4, -0.2) is 19.1 Å². The van der Waals surface area contributed by atoms with Gasteiger partial charge in [0.15, 0.2) is 0 Å². The molecule has 0 amide bonds. The molecule has 0 fully saturated rings. The third kappa shape index (κ3) is 1.99. The molecule has 0 saturated heterocycles. The van der Waals surface area contributed by atoms with Crippen molar-refractivity contribution in [2.45, 2.75) is 0 Å². The zero-order valence-electron chi connectivity index (χ0n) is 13.2. The van der Waals surface area contributed by atoms with Gasteiger partial charge < -0.3 is 0 Å². The Morgan fingerprint density at radius 1 is 0.917 bits per heavy atom. The zero-order chi connectivity index (χ0) is 16.1. The number of aryl methyl sites for hydroxylation is 1. The SMILES string of the molecule is Cn1c(-c2ccccc2)c(-c2c[se]c3ccsc23)c2ccccc21. The van der Waals surface area contributed by atoms with E-state index in [2.05, 4.69) is 82.6 Å². The van der Waals surface area contributed by atoms with E-state index in [0.29, 0.717) is 14.5 Å². The van der Waals surface area contributed by atoms with Crippen molar-refractivity contribution >= 4 is 45.7 Å². The molecule has 1 nitrogen and oxygen atoms in total. The topological polar surface area (TPSA) is 4.93 Å². The van der Waals surface area contributed by atoms with E-state index in [1.165, 1.54) is 42.2 Å². The van der Waals surface area contributed by atoms with Gasteiger partial charge in [0.05, 0.1) is 0 Å². The van der Waals surface area contributed by atoms with Crippen LogP contribution in [0.25, 0.3) is 42.2 Å². The molecular weight excluding hydrogens is 377 g/mol. The number of benzene rings is 2. The van der Waals surface area contributed by atoms with Gasteiger partial charge in [0.1, 0.15) is 0 Å². The van der Waals surface area contributed by atoms with E-state index in [9.17, 15) is 0 Å². The van der Waals surface area contributed by atoms with Crippen LogP contribution in [0, 0.1) is 0 Å². The molecule has 0 N–H and O–H groups in total. The van der Waals surface area contributed by atoms with Gasteiger partial charge in [-0.2, -0.15) is 0 Å². The Kier molecular flexibility index (Phi) is 3.27. The number of aromatic nitrogens is 1. The molecule has 0 bridgehead atoms. The molecule has 3 aromatic heterocycles. The first kappa shape index (κ1) is 14.3. The van der Waals surface area contributed by atoms with Crippen molar-refractivity contribution in [2.24, 2.45) is 7.05 Å². The molecule has 0 aliphatic rings. The molecule has 0 unspecified atom stereocenters. The molecule has 3 heteroatoms. The minimum atomic E-state index is 0.454.